The first-order valence-corrected chi connectivity index (χ1v) is 7.45. The van der Waals surface area contributed by atoms with Crippen molar-refractivity contribution in [2.75, 3.05) is 0 Å². The molecule has 2 aromatic heterocycles. The molecular weight excluding hydrogens is 310 g/mol. The van der Waals surface area contributed by atoms with Crippen LogP contribution in [0.1, 0.15) is 34.3 Å². The van der Waals surface area contributed by atoms with E-state index in [0.717, 1.165) is 0 Å². The summed E-state index contributed by atoms with van der Waals surface area (Å²) in [6, 6.07) is 11.1. The van der Waals surface area contributed by atoms with E-state index in [-0.39, 0.29) is 23.5 Å². The third-order valence-corrected chi connectivity index (χ3v) is 3.55. The Hall–Kier alpha value is -3.15. The average Bonchev–Trinajstić information content (AvgIpc) is 3.08. The van der Waals surface area contributed by atoms with Crippen LogP contribution < -0.4 is 10.9 Å². The largest absolute Gasteiger partial charge is 0.461 e. The van der Waals surface area contributed by atoms with Crippen molar-refractivity contribution >= 4 is 22.7 Å². The van der Waals surface area contributed by atoms with Gasteiger partial charge in [-0.2, -0.15) is 0 Å². The third kappa shape index (κ3) is 3.27. The number of carbonyl (C=O) groups is 2. The van der Waals surface area contributed by atoms with E-state index in [1.807, 2.05) is 0 Å². The minimum absolute atomic E-state index is 0.0676. The molecule has 6 nitrogen and oxygen atoms in total. The number of benzene rings is 1. The number of ketones is 1. The number of carbonyl (C=O) groups excluding carboxylic acids is 2. The Morgan fingerprint density at radius 3 is 2.71 bits per heavy atom. The van der Waals surface area contributed by atoms with E-state index >= 15 is 0 Å². The van der Waals surface area contributed by atoms with Gasteiger partial charge in [0.15, 0.2) is 11.5 Å². The Balaban J connectivity index is 1.73. The number of amides is 1. The van der Waals surface area contributed by atoms with E-state index in [2.05, 4.69) is 5.32 Å². The molecule has 1 N–H and O–H groups in total. The molecule has 1 atom stereocenters. The number of hydrogen-bond donors (Lipinski definition) is 1. The van der Waals surface area contributed by atoms with Crippen LogP contribution in [0.3, 0.4) is 0 Å². The molecular formula is C18H15NO5. The van der Waals surface area contributed by atoms with Crippen LogP contribution in [0.5, 0.6) is 0 Å². The van der Waals surface area contributed by atoms with Gasteiger partial charge in [-0.25, -0.2) is 4.79 Å². The summed E-state index contributed by atoms with van der Waals surface area (Å²) < 4.78 is 10.2. The van der Waals surface area contributed by atoms with Gasteiger partial charge in [-0.1, -0.05) is 18.2 Å². The van der Waals surface area contributed by atoms with Crippen LogP contribution in [0.4, 0.5) is 0 Å². The molecule has 0 aliphatic heterocycles. The molecule has 2 heterocycles. The van der Waals surface area contributed by atoms with E-state index in [0.29, 0.717) is 11.0 Å². The summed E-state index contributed by atoms with van der Waals surface area (Å²) in [5.74, 6) is -0.561. The molecule has 1 amide bonds. The van der Waals surface area contributed by atoms with Gasteiger partial charge in [0, 0.05) is 17.8 Å². The Bertz CT molecular complexity index is 939. The Morgan fingerprint density at radius 2 is 1.96 bits per heavy atom. The molecule has 0 aliphatic carbocycles. The number of hydrogen-bond acceptors (Lipinski definition) is 5. The molecule has 3 aromatic rings. The Morgan fingerprint density at radius 1 is 1.17 bits per heavy atom. The maximum Gasteiger partial charge on any atom is 0.349 e. The SMILES string of the molecule is C[C@@H](CC(=O)c1ccco1)NC(=O)c1cc2ccccc2oc1=O. The van der Waals surface area contributed by atoms with E-state index < -0.39 is 17.6 Å². The fourth-order valence-corrected chi connectivity index (χ4v) is 2.39. The zero-order valence-electron chi connectivity index (χ0n) is 12.9. The number of furan rings is 1. The highest BCUT2D eigenvalue weighted by molar-refractivity contribution is 5.98. The van der Waals surface area contributed by atoms with E-state index in [1.54, 1.807) is 43.3 Å². The highest BCUT2D eigenvalue weighted by Gasteiger charge is 2.19. The first kappa shape index (κ1) is 15.7. The van der Waals surface area contributed by atoms with Gasteiger partial charge in [0.05, 0.1) is 6.26 Å². The second-order valence-corrected chi connectivity index (χ2v) is 5.46. The van der Waals surface area contributed by atoms with Crippen LogP contribution in [0.2, 0.25) is 0 Å². The molecule has 0 bridgehead atoms. The molecule has 6 heteroatoms. The molecule has 122 valence electrons. The number of para-hydroxylation sites is 1. The van der Waals surface area contributed by atoms with Crippen LogP contribution in [-0.4, -0.2) is 17.7 Å². The average molecular weight is 325 g/mol. The summed E-state index contributed by atoms with van der Waals surface area (Å²) in [5, 5.41) is 3.29. The van der Waals surface area contributed by atoms with Crippen LogP contribution in [0.25, 0.3) is 11.0 Å². The fourth-order valence-electron chi connectivity index (χ4n) is 2.39. The molecule has 1 aromatic carbocycles. The lowest BCUT2D eigenvalue weighted by atomic mass is 10.1. The van der Waals surface area contributed by atoms with Crippen molar-refractivity contribution in [1.29, 1.82) is 0 Å². The molecule has 0 radical (unpaired) electrons. The zero-order chi connectivity index (χ0) is 17.1. The minimum atomic E-state index is -0.712. The smallest absolute Gasteiger partial charge is 0.349 e. The summed E-state index contributed by atoms with van der Waals surface area (Å²) >= 11 is 0. The highest BCUT2D eigenvalue weighted by atomic mass is 16.4. The van der Waals surface area contributed by atoms with Crippen molar-refractivity contribution < 1.29 is 18.4 Å². The summed E-state index contributed by atoms with van der Waals surface area (Å²) in [5.41, 5.74) is -0.387. The molecule has 0 saturated heterocycles. The normalized spacial score (nSPS) is 12.0. The van der Waals surface area contributed by atoms with Gasteiger partial charge >= 0.3 is 5.63 Å². The number of nitrogens with one attached hydrogen (secondary N) is 1. The molecule has 24 heavy (non-hydrogen) atoms. The third-order valence-electron chi connectivity index (χ3n) is 3.55. The first-order valence-electron chi connectivity index (χ1n) is 7.45. The Kier molecular flexibility index (Phi) is 4.29. The fraction of sp³-hybridized carbons (Fsp3) is 0.167. The molecule has 0 spiro atoms. The Labute approximate surface area is 137 Å². The van der Waals surface area contributed by atoms with Crippen molar-refractivity contribution in [1.82, 2.24) is 5.32 Å². The predicted octanol–water partition coefficient (Wildman–Crippen LogP) is 2.78. The van der Waals surface area contributed by atoms with Crippen molar-refractivity contribution in [3.05, 3.63) is 70.5 Å². The lowest BCUT2D eigenvalue weighted by Crippen LogP contribution is -2.36. The number of Topliss-reactive ketones (excluding diaryl/α,β-unsaturated/α-hetero) is 1. The summed E-state index contributed by atoms with van der Waals surface area (Å²) in [6.45, 7) is 1.68. The number of rotatable bonds is 5. The molecule has 0 fully saturated rings. The van der Waals surface area contributed by atoms with Crippen molar-refractivity contribution in [3.8, 4) is 0 Å². The number of fused-ring (bicyclic) bond motifs is 1. The molecule has 0 aliphatic rings. The van der Waals surface area contributed by atoms with Gasteiger partial charge < -0.3 is 14.2 Å². The molecule has 3 rings (SSSR count). The van der Waals surface area contributed by atoms with Crippen LogP contribution in [-0.2, 0) is 0 Å². The van der Waals surface area contributed by atoms with Crippen LogP contribution in [0, 0.1) is 0 Å². The lowest BCUT2D eigenvalue weighted by molar-refractivity contribution is 0.0905. The first-order chi connectivity index (χ1) is 11.5. The molecule has 0 unspecified atom stereocenters. The summed E-state index contributed by atoms with van der Waals surface area (Å²) in [6.07, 6.45) is 1.48. The monoisotopic (exact) mass is 325 g/mol. The van der Waals surface area contributed by atoms with Gasteiger partial charge in [-0.15, -0.1) is 0 Å². The topological polar surface area (TPSA) is 89.5 Å². The predicted molar refractivity (Wildman–Crippen MR) is 87.1 cm³/mol. The van der Waals surface area contributed by atoms with Gasteiger partial charge in [0.1, 0.15) is 11.1 Å². The standard InChI is InChI=1S/C18H15NO5/c1-11(9-14(20)16-7-4-8-23-16)19-17(21)13-10-12-5-2-3-6-15(12)24-18(13)22/h2-8,10-11H,9H2,1H3,(H,19,21)/t11-/m0/s1. The van der Waals surface area contributed by atoms with Gasteiger partial charge in [0.25, 0.3) is 5.91 Å². The second-order valence-electron chi connectivity index (χ2n) is 5.46. The van der Waals surface area contributed by atoms with Crippen molar-refractivity contribution in [2.45, 2.75) is 19.4 Å². The maximum atomic E-state index is 12.3. The zero-order valence-corrected chi connectivity index (χ0v) is 12.9. The molecule has 0 saturated carbocycles. The quantitative estimate of drug-likeness (QED) is 0.575. The summed E-state index contributed by atoms with van der Waals surface area (Å²) in [7, 11) is 0. The van der Waals surface area contributed by atoms with Gasteiger partial charge in [0.2, 0.25) is 0 Å². The van der Waals surface area contributed by atoms with Gasteiger partial charge in [-0.3, -0.25) is 9.59 Å². The second kappa shape index (κ2) is 6.54. The van der Waals surface area contributed by atoms with E-state index in [1.165, 1.54) is 12.3 Å². The highest BCUT2D eigenvalue weighted by Crippen LogP contribution is 2.13. The van der Waals surface area contributed by atoms with Crippen LogP contribution >= 0.6 is 0 Å². The summed E-state index contributed by atoms with van der Waals surface area (Å²) in [4.78, 5) is 36.2. The van der Waals surface area contributed by atoms with Crippen molar-refractivity contribution in [2.24, 2.45) is 0 Å². The minimum Gasteiger partial charge on any atom is -0.461 e. The lowest BCUT2D eigenvalue weighted by Gasteiger charge is -2.12. The van der Waals surface area contributed by atoms with E-state index in [9.17, 15) is 14.4 Å². The van der Waals surface area contributed by atoms with Gasteiger partial charge in [-0.05, 0) is 31.2 Å². The van der Waals surface area contributed by atoms with Crippen molar-refractivity contribution in [3.63, 3.8) is 0 Å². The maximum absolute atomic E-state index is 12.3. The van der Waals surface area contributed by atoms with Crippen LogP contribution in [0.15, 0.2) is 62.4 Å². The van der Waals surface area contributed by atoms with E-state index in [4.69, 9.17) is 8.83 Å².